The van der Waals surface area contributed by atoms with Crippen molar-refractivity contribution in [1.29, 1.82) is 0 Å². The number of aromatic nitrogens is 2. The van der Waals surface area contributed by atoms with Crippen LogP contribution in [0.15, 0.2) is 11.4 Å². The van der Waals surface area contributed by atoms with Gasteiger partial charge < -0.3 is 5.32 Å². The minimum absolute atomic E-state index is 0.467. The molecular weight excluding hydrogens is 246 g/mol. The number of nitrogens with two attached hydrogens (primary N) is 1. The first-order valence-electron chi connectivity index (χ1n) is 6.32. The second-order valence-electron chi connectivity index (χ2n) is 4.69. The SMILES string of the molecule is NNc1nc(NCCCC2CC2)c2ccsc2n1. The van der Waals surface area contributed by atoms with Crippen LogP contribution in [0.5, 0.6) is 0 Å². The Hall–Kier alpha value is -1.40. The molecule has 0 aromatic carbocycles. The topological polar surface area (TPSA) is 75.9 Å². The van der Waals surface area contributed by atoms with Gasteiger partial charge in [-0.25, -0.2) is 10.8 Å². The Balaban J connectivity index is 1.70. The molecule has 0 unspecified atom stereocenters. The van der Waals surface area contributed by atoms with Crippen molar-refractivity contribution >= 4 is 33.3 Å². The largest absolute Gasteiger partial charge is 0.369 e. The molecular formula is C12H17N5S. The summed E-state index contributed by atoms with van der Waals surface area (Å²) in [5.74, 6) is 7.72. The van der Waals surface area contributed by atoms with Crippen molar-refractivity contribution in [2.75, 3.05) is 17.3 Å². The number of nitrogens with one attached hydrogen (secondary N) is 2. The van der Waals surface area contributed by atoms with E-state index in [9.17, 15) is 0 Å². The van der Waals surface area contributed by atoms with Crippen LogP contribution >= 0.6 is 11.3 Å². The molecule has 0 atom stereocenters. The monoisotopic (exact) mass is 263 g/mol. The van der Waals surface area contributed by atoms with Crippen LogP contribution in [0, 0.1) is 5.92 Å². The van der Waals surface area contributed by atoms with E-state index < -0.39 is 0 Å². The Morgan fingerprint density at radius 3 is 3.06 bits per heavy atom. The zero-order chi connectivity index (χ0) is 12.4. The molecule has 2 aromatic rings. The number of anilines is 2. The van der Waals surface area contributed by atoms with Gasteiger partial charge in [0.15, 0.2) is 0 Å². The number of hydrogen-bond donors (Lipinski definition) is 3. The molecule has 3 rings (SSSR count). The lowest BCUT2D eigenvalue weighted by Crippen LogP contribution is -2.12. The number of fused-ring (bicyclic) bond motifs is 1. The lowest BCUT2D eigenvalue weighted by molar-refractivity contribution is 0.687. The summed E-state index contributed by atoms with van der Waals surface area (Å²) in [4.78, 5) is 9.65. The molecule has 96 valence electrons. The van der Waals surface area contributed by atoms with Crippen LogP contribution in [0.2, 0.25) is 0 Å². The van der Waals surface area contributed by atoms with Crippen LogP contribution in [-0.2, 0) is 0 Å². The lowest BCUT2D eigenvalue weighted by Gasteiger charge is -2.08. The molecule has 2 heterocycles. The van der Waals surface area contributed by atoms with Crippen molar-refractivity contribution in [2.45, 2.75) is 25.7 Å². The van der Waals surface area contributed by atoms with Crippen LogP contribution in [-0.4, -0.2) is 16.5 Å². The first kappa shape index (κ1) is 11.7. The van der Waals surface area contributed by atoms with Crippen LogP contribution in [0.3, 0.4) is 0 Å². The van der Waals surface area contributed by atoms with E-state index in [2.05, 4.69) is 20.7 Å². The molecule has 1 aliphatic rings. The van der Waals surface area contributed by atoms with E-state index in [0.29, 0.717) is 5.95 Å². The molecule has 18 heavy (non-hydrogen) atoms. The number of thiophene rings is 1. The quantitative estimate of drug-likeness (QED) is 0.424. The van der Waals surface area contributed by atoms with Crippen LogP contribution in [0.1, 0.15) is 25.7 Å². The Kier molecular flexibility index (Phi) is 3.29. The van der Waals surface area contributed by atoms with Gasteiger partial charge in [0, 0.05) is 6.54 Å². The summed E-state index contributed by atoms with van der Waals surface area (Å²) < 4.78 is 0. The number of nitrogens with zero attached hydrogens (tertiary/aromatic N) is 2. The molecule has 2 aromatic heterocycles. The average molecular weight is 263 g/mol. The van der Waals surface area contributed by atoms with Crippen molar-refractivity contribution in [3.8, 4) is 0 Å². The van der Waals surface area contributed by atoms with Crippen LogP contribution < -0.4 is 16.6 Å². The van der Waals surface area contributed by atoms with E-state index in [-0.39, 0.29) is 0 Å². The molecule has 0 spiro atoms. The van der Waals surface area contributed by atoms with Gasteiger partial charge in [-0.05, 0) is 30.2 Å². The van der Waals surface area contributed by atoms with E-state index in [0.717, 1.165) is 28.5 Å². The van der Waals surface area contributed by atoms with E-state index in [1.807, 2.05) is 11.4 Å². The van der Waals surface area contributed by atoms with Crippen molar-refractivity contribution in [2.24, 2.45) is 11.8 Å². The number of hydrogen-bond acceptors (Lipinski definition) is 6. The Morgan fingerprint density at radius 1 is 1.39 bits per heavy atom. The van der Waals surface area contributed by atoms with E-state index in [1.54, 1.807) is 11.3 Å². The van der Waals surface area contributed by atoms with Gasteiger partial charge >= 0.3 is 0 Å². The van der Waals surface area contributed by atoms with Gasteiger partial charge in [0.2, 0.25) is 5.95 Å². The fourth-order valence-corrected chi connectivity index (χ4v) is 2.82. The van der Waals surface area contributed by atoms with Gasteiger partial charge in [-0.15, -0.1) is 11.3 Å². The molecule has 0 radical (unpaired) electrons. The third kappa shape index (κ3) is 2.54. The molecule has 0 saturated heterocycles. The van der Waals surface area contributed by atoms with Gasteiger partial charge in [0.25, 0.3) is 0 Å². The molecule has 1 saturated carbocycles. The predicted molar refractivity (Wildman–Crippen MR) is 75.7 cm³/mol. The fraction of sp³-hybridized carbons (Fsp3) is 0.500. The van der Waals surface area contributed by atoms with Crippen molar-refractivity contribution in [3.63, 3.8) is 0 Å². The van der Waals surface area contributed by atoms with Crippen molar-refractivity contribution in [1.82, 2.24) is 9.97 Å². The Labute approximate surface area is 110 Å². The van der Waals surface area contributed by atoms with E-state index in [4.69, 9.17) is 5.84 Å². The van der Waals surface area contributed by atoms with Gasteiger partial charge in [-0.3, -0.25) is 5.43 Å². The first-order chi connectivity index (χ1) is 8.86. The summed E-state index contributed by atoms with van der Waals surface area (Å²) in [6.07, 6.45) is 5.37. The maximum atomic E-state index is 5.38. The van der Waals surface area contributed by atoms with Crippen LogP contribution in [0.4, 0.5) is 11.8 Å². The molecule has 4 N–H and O–H groups in total. The number of nitrogen functional groups attached to an aromatic ring is 1. The molecule has 0 aliphatic heterocycles. The maximum absolute atomic E-state index is 5.38. The van der Waals surface area contributed by atoms with E-state index in [1.165, 1.54) is 25.7 Å². The molecule has 5 nitrogen and oxygen atoms in total. The summed E-state index contributed by atoms with van der Waals surface area (Å²) in [5.41, 5.74) is 2.51. The summed E-state index contributed by atoms with van der Waals surface area (Å²) in [6.45, 7) is 0.961. The maximum Gasteiger partial charge on any atom is 0.240 e. The van der Waals surface area contributed by atoms with E-state index >= 15 is 0 Å². The molecule has 0 bridgehead atoms. The third-order valence-electron chi connectivity index (χ3n) is 3.23. The van der Waals surface area contributed by atoms with Gasteiger partial charge in [0.1, 0.15) is 10.6 Å². The van der Waals surface area contributed by atoms with Gasteiger partial charge in [-0.2, -0.15) is 4.98 Å². The predicted octanol–water partition coefficient (Wildman–Crippen LogP) is 2.58. The summed E-state index contributed by atoms with van der Waals surface area (Å²) in [7, 11) is 0. The minimum Gasteiger partial charge on any atom is -0.369 e. The molecule has 1 fully saturated rings. The number of hydrazine groups is 1. The zero-order valence-electron chi connectivity index (χ0n) is 10.1. The third-order valence-corrected chi connectivity index (χ3v) is 4.04. The highest BCUT2D eigenvalue weighted by Gasteiger charge is 2.20. The molecule has 1 aliphatic carbocycles. The highest BCUT2D eigenvalue weighted by molar-refractivity contribution is 7.16. The summed E-state index contributed by atoms with van der Waals surface area (Å²) in [6, 6.07) is 2.05. The van der Waals surface area contributed by atoms with Crippen molar-refractivity contribution in [3.05, 3.63) is 11.4 Å². The van der Waals surface area contributed by atoms with Gasteiger partial charge in [0.05, 0.1) is 5.39 Å². The first-order valence-corrected chi connectivity index (χ1v) is 7.20. The van der Waals surface area contributed by atoms with Crippen LogP contribution in [0.25, 0.3) is 10.2 Å². The Bertz CT molecular complexity index is 534. The second-order valence-corrected chi connectivity index (χ2v) is 5.59. The average Bonchev–Trinajstić information content (AvgIpc) is 3.09. The standard InChI is InChI=1S/C12H17N5S/c13-17-12-15-10(9-5-7-18-11(9)16-12)14-6-1-2-8-3-4-8/h5,7-8H,1-4,6,13H2,(H2,14,15,16,17). The summed E-state index contributed by atoms with van der Waals surface area (Å²) in [5, 5.41) is 6.49. The van der Waals surface area contributed by atoms with Crippen molar-refractivity contribution < 1.29 is 0 Å². The smallest absolute Gasteiger partial charge is 0.240 e. The Morgan fingerprint density at radius 2 is 2.28 bits per heavy atom. The molecule has 6 heteroatoms. The highest BCUT2D eigenvalue weighted by Crippen LogP contribution is 2.33. The summed E-state index contributed by atoms with van der Waals surface area (Å²) >= 11 is 1.60. The van der Waals surface area contributed by atoms with Gasteiger partial charge in [-0.1, -0.05) is 12.8 Å². The lowest BCUT2D eigenvalue weighted by atomic mass is 10.2. The highest BCUT2D eigenvalue weighted by atomic mass is 32.1. The molecule has 0 amide bonds. The minimum atomic E-state index is 0.467. The normalized spacial score (nSPS) is 14.9. The number of rotatable bonds is 6. The second kappa shape index (κ2) is 5.07. The zero-order valence-corrected chi connectivity index (χ0v) is 11.0. The fourth-order valence-electron chi connectivity index (χ4n) is 2.06.